The summed E-state index contributed by atoms with van der Waals surface area (Å²) in [5.41, 5.74) is 2.49. The molecule has 1 aromatic heterocycles. The Kier molecular flexibility index (Phi) is 7.26. The van der Waals surface area contributed by atoms with Crippen LogP contribution in [0.4, 0.5) is 24.7 Å². The third-order valence-corrected chi connectivity index (χ3v) is 4.31. The summed E-state index contributed by atoms with van der Waals surface area (Å²) < 4.78 is 40.7. The van der Waals surface area contributed by atoms with Crippen molar-refractivity contribution in [2.75, 3.05) is 32.5 Å². The minimum absolute atomic E-state index is 0.151. The number of ether oxygens (including phenoxy) is 1. The maximum atomic E-state index is 12.3. The van der Waals surface area contributed by atoms with E-state index in [-0.39, 0.29) is 11.7 Å². The van der Waals surface area contributed by atoms with Crippen LogP contribution in [0.25, 0.3) is 11.3 Å². The quantitative estimate of drug-likeness (QED) is 0.544. The molecule has 0 fully saturated rings. The van der Waals surface area contributed by atoms with Gasteiger partial charge in [-0.3, -0.25) is 4.79 Å². The summed E-state index contributed by atoms with van der Waals surface area (Å²) in [5.74, 6) is 0.00338. The summed E-state index contributed by atoms with van der Waals surface area (Å²) >= 11 is 0. The number of halogens is 3. The number of nitrogens with zero attached hydrogens (tertiary/aromatic N) is 3. The van der Waals surface area contributed by atoms with Crippen LogP contribution < -0.4 is 15.4 Å². The van der Waals surface area contributed by atoms with Crippen molar-refractivity contribution in [2.24, 2.45) is 0 Å². The molecule has 0 radical (unpaired) electrons. The highest BCUT2D eigenvalue weighted by atomic mass is 19.4. The van der Waals surface area contributed by atoms with E-state index in [0.717, 1.165) is 12.1 Å². The molecule has 2 aromatic carbocycles. The number of hydrogen-bond acceptors (Lipinski definition) is 6. The Bertz CT molecular complexity index is 1040. The maximum Gasteiger partial charge on any atom is 0.573 e. The number of anilines is 2. The monoisotopic (exact) mass is 445 g/mol. The van der Waals surface area contributed by atoms with Gasteiger partial charge in [-0.1, -0.05) is 12.1 Å². The van der Waals surface area contributed by atoms with Crippen molar-refractivity contribution in [3.05, 3.63) is 66.5 Å². The van der Waals surface area contributed by atoms with Crippen LogP contribution in [0, 0.1) is 0 Å². The Morgan fingerprint density at radius 3 is 2.34 bits per heavy atom. The highest BCUT2D eigenvalue weighted by Crippen LogP contribution is 2.26. The fourth-order valence-corrected chi connectivity index (χ4v) is 2.76. The van der Waals surface area contributed by atoms with Gasteiger partial charge >= 0.3 is 6.36 Å². The average Bonchev–Trinajstić information content (AvgIpc) is 2.74. The molecule has 168 valence electrons. The highest BCUT2D eigenvalue weighted by molar-refractivity contribution is 5.94. The first-order valence-electron chi connectivity index (χ1n) is 9.68. The number of rotatable bonds is 8. The molecule has 7 nitrogen and oxygen atoms in total. The molecule has 0 bridgehead atoms. The van der Waals surface area contributed by atoms with Gasteiger partial charge in [0.15, 0.2) is 0 Å². The van der Waals surface area contributed by atoms with Crippen LogP contribution in [-0.2, 0) is 0 Å². The van der Waals surface area contributed by atoms with E-state index >= 15 is 0 Å². The molecular weight excluding hydrogens is 423 g/mol. The van der Waals surface area contributed by atoms with Gasteiger partial charge in [0.2, 0.25) is 0 Å². The third-order valence-electron chi connectivity index (χ3n) is 4.31. The smallest absolute Gasteiger partial charge is 0.406 e. The van der Waals surface area contributed by atoms with Crippen molar-refractivity contribution in [1.82, 2.24) is 20.2 Å². The van der Waals surface area contributed by atoms with Crippen LogP contribution in [0.15, 0.2) is 60.9 Å². The molecule has 3 aromatic rings. The molecule has 0 atom stereocenters. The van der Waals surface area contributed by atoms with Crippen molar-refractivity contribution in [2.45, 2.75) is 6.36 Å². The molecule has 32 heavy (non-hydrogen) atoms. The molecule has 0 saturated carbocycles. The number of aromatic nitrogens is 2. The molecule has 0 saturated heterocycles. The summed E-state index contributed by atoms with van der Waals surface area (Å²) in [6.07, 6.45) is -3.36. The fraction of sp³-hybridized carbons (Fsp3) is 0.227. The summed E-state index contributed by atoms with van der Waals surface area (Å²) in [6, 6.07) is 14.0. The largest absolute Gasteiger partial charge is 0.573 e. The fourth-order valence-electron chi connectivity index (χ4n) is 2.76. The molecule has 0 aliphatic carbocycles. The van der Waals surface area contributed by atoms with E-state index in [0.29, 0.717) is 29.3 Å². The zero-order chi connectivity index (χ0) is 23.1. The van der Waals surface area contributed by atoms with E-state index in [1.807, 2.05) is 19.0 Å². The Hall–Kier alpha value is -3.66. The standard InChI is InChI=1S/C22H22F3N5O2/c1-30(2)12-11-26-21(31)16-5-3-15(4-6-16)19-13-20(28-14-27-19)29-17-7-9-18(10-8-17)32-22(23,24)25/h3-10,13-14H,11-12H2,1-2H3,(H,26,31)(H,27,28,29). The second-order valence-electron chi connectivity index (χ2n) is 7.12. The van der Waals surface area contributed by atoms with Crippen LogP contribution in [0.2, 0.25) is 0 Å². The van der Waals surface area contributed by atoms with Crippen molar-refractivity contribution >= 4 is 17.4 Å². The number of likely N-dealkylation sites (N-methyl/N-ethyl adjacent to an activating group) is 1. The summed E-state index contributed by atoms with van der Waals surface area (Å²) in [7, 11) is 3.87. The minimum atomic E-state index is -4.74. The molecule has 1 heterocycles. The number of alkyl halides is 3. The Labute approximate surface area is 183 Å². The van der Waals surface area contributed by atoms with Gasteiger partial charge in [0.25, 0.3) is 5.91 Å². The Morgan fingerprint density at radius 1 is 1.03 bits per heavy atom. The zero-order valence-corrected chi connectivity index (χ0v) is 17.5. The lowest BCUT2D eigenvalue weighted by molar-refractivity contribution is -0.274. The van der Waals surface area contributed by atoms with Gasteiger partial charge in [0.1, 0.15) is 17.9 Å². The first-order chi connectivity index (χ1) is 15.2. The number of carbonyl (C=O) groups is 1. The second-order valence-corrected chi connectivity index (χ2v) is 7.12. The van der Waals surface area contributed by atoms with E-state index in [9.17, 15) is 18.0 Å². The van der Waals surface area contributed by atoms with Crippen LogP contribution in [0.1, 0.15) is 10.4 Å². The highest BCUT2D eigenvalue weighted by Gasteiger charge is 2.30. The number of carbonyl (C=O) groups excluding carboxylic acids is 1. The second kappa shape index (κ2) is 10.1. The van der Waals surface area contributed by atoms with Gasteiger partial charge in [-0.15, -0.1) is 13.2 Å². The van der Waals surface area contributed by atoms with Gasteiger partial charge in [-0.25, -0.2) is 9.97 Å². The molecule has 1 amide bonds. The van der Waals surface area contributed by atoms with Gasteiger partial charge in [0, 0.05) is 36.0 Å². The molecular formula is C22H22F3N5O2. The zero-order valence-electron chi connectivity index (χ0n) is 17.5. The van der Waals surface area contributed by atoms with Crippen LogP contribution >= 0.6 is 0 Å². The first-order valence-corrected chi connectivity index (χ1v) is 9.68. The van der Waals surface area contributed by atoms with Crippen molar-refractivity contribution in [3.63, 3.8) is 0 Å². The number of hydrogen-bond donors (Lipinski definition) is 2. The number of nitrogens with one attached hydrogen (secondary N) is 2. The predicted octanol–water partition coefficient (Wildman–Crippen LogP) is 4.08. The van der Waals surface area contributed by atoms with Gasteiger partial charge < -0.3 is 20.3 Å². The summed E-state index contributed by atoms with van der Waals surface area (Å²) in [6.45, 7) is 1.30. The predicted molar refractivity (Wildman–Crippen MR) is 115 cm³/mol. The van der Waals surface area contributed by atoms with E-state index < -0.39 is 6.36 Å². The van der Waals surface area contributed by atoms with E-state index in [1.54, 1.807) is 30.3 Å². The average molecular weight is 445 g/mol. The molecule has 0 aliphatic heterocycles. The van der Waals surface area contributed by atoms with Gasteiger partial charge in [-0.2, -0.15) is 0 Å². The van der Waals surface area contributed by atoms with Crippen LogP contribution in [0.3, 0.4) is 0 Å². The molecule has 0 spiro atoms. The molecule has 3 rings (SSSR count). The van der Waals surface area contributed by atoms with Crippen molar-refractivity contribution in [3.8, 4) is 17.0 Å². The molecule has 2 N–H and O–H groups in total. The van der Waals surface area contributed by atoms with Crippen LogP contribution in [-0.4, -0.2) is 54.3 Å². The third kappa shape index (κ3) is 6.95. The maximum absolute atomic E-state index is 12.3. The molecule has 0 aliphatic rings. The van der Waals surface area contributed by atoms with Crippen molar-refractivity contribution in [1.29, 1.82) is 0 Å². The summed E-state index contributed by atoms with van der Waals surface area (Å²) in [5, 5.41) is 5.86. The van der Waals surface area contributed by atoms with Gasteiger partial charge in [0.05, 0.1) is 5.69 Å². The lowest BCUT2D eigenvalue weighted by Crippen LogP contribution is -2.31. The lowest BCUT2D eigenvalue weighted by atomic mass is 10.1. The SMILES string of the molecule is CN(C)CCNC(=O)c1ccc(-c2cc(Nc3ccc(OC(F)(F)F)cc3)ncn2)cc1. The van der Waals surface area contributed by atoms with Gasteiger partial charge in [-0.05, 0) is 50.5 Å². The Balaban J connectivity index is 1.65. The normalized spacial score (nSPS) is 11.3. The topological polar surface area (TPSA) is 79.4 Å². The lowest BCUT2D eigenvalue weighted by Gasteiger charge is -2.11. The Morgan fingerprint density at radius 2 is 1.72 bits per heavy atom. The van der Waals surface area contributed by atoms with E-state index in [1.165, 1.54) is 30.6 Å². The number of amides is 1. The summed E-state index contributed by atoms with van der Waals surface area (Å²) in [4.78, 5) is 22.6. The van der Waals surface area contributed by atoms with E-state index in [4.69, 9.17) is 0 Å². The first kappa shape index (κ1) is 23.0. The minimum Gasteiger partial charge on any atom is -0.406 e. The van der Waals surface area contributed by atoms with E-state index in [2.05, 4.69) is 25.3 Å². The van der Waals surface area contributed by atoms with Crippen LogP contribution in [0.5, 0.6) is 5.75 Å². The molecule has 0 unspecified atom stereocenters. The number of benzene rings is 2. The molecule has 10 heteroatoms. The van der Waals surface area contributed by atoms with Crippen molar-refractivity contribution < 1.29 is 22.7 Å².